The molecule has 1 rings (SSSR count). The maximum absolute atomic E-state index is 9.13. The van der Waals surface area contributed by atoms with E-state index in [4.69, 9.17) is 5.26 Å². The molecule has 0 saturated heterocycles. The van der Waals surface area contributed by atoms with Gasteiger partial charge in [0.2, 0.25) is 0 Å². The van der Waals surface area contributed by atoms with Crippen molar-refractivity contribution in [3.63, 3.8) is 0 Å². The van der Waals surface area contributed by atoms with Gasteiger partial charge >= 0.3 is 0 Å². The van der Waals surface area contributed by atoms with Crippen LogP contribution in [0.5, 0.6) is 0 Å². The predicted octanol–water partition coefficient (Wildman–Crippen LogP) is 3.36. The molecule has 0 unspecified atom stereocenters. The van der Waals surface area contributed by atoms with Crippen LogP contribution in [0.4, 0.5) is 0 Å². The van der Waals surface area contributed by atoms with Crippen LogP contribution < -0.4 is 0 Å². The maximum atomic E-state index is 9.13. The van der Waals surface area contributed by atoms with Crippen molar-refractivity contribution in [1.82, 2.24) is 4.98 Å². The minimum atomic E-state index is 0.596. The SMILES string of the molecule is CCc1nc(C#N)c(SC)c(CC)c1CC. The standard InChI is InChI=1S/C13H18N2S/c1-5-9-10(6-2)13(16-4)12(8-14)15-11(9)7-3/h5-7H2,1-4H3. The highest BCUT2D eigenvalue weighted by Gasteiger charge is 2.15. The fourth-order valence-corrected chi connectivity index (χ4v) is 2.89. The summed E-state index contributed by atoms with van der Waals surface area (Å²) in [5.74, 6) is 0. The van der Waals surface area contributed by atoms with Crippen molar-refractivity contribution in [1.29, 1.82) is 5.26 Å². The molecule has 0 spiro atoms. The van der Waals surface area contributed by atoms with Crippen LogP contribution >= 0.6 is 11.8 Å². The van der Waals surface area contributed by atoms with E-state index in [0.29, 0.717) is 5.69 Å². The third-order valence-corrected chi connectivity index (χ3v) is 3.65. The topological polar surface area (TPSA) is 36.7 Å². The van der Waals surface area contributed by atoms with E-state index < -0.39 is 0 Å². The molecule has 86 valence electrons. The highest BCUT2D eigenvalue weighted by Crippen LogP contribution is 2.29. The van der Waals surface area contributed by atoms with Gasteiger partial charge in [-0.1, -0.05) is 20.8 Å². The van der Waals surface area contributed by atoms with Crippen LogP contribution in [0.1, 0.15) is 43.3 Å². The van der Waals surface area contributed by atoms with Crippen molar-refractivity contribution in [2.24, 2.45) is 0 Å². The molecule has 16 heavy (non-hydrogen) atoms. The molecule has 0 aromatic carbocycles. The van der Waals surface area contributed by atoms with Crippen molar-refractivity contribution in [2.75, 3.05) is 6.26 Å². The Morgan fingerprint density at radius 3 is 2.12 bits per heavy atom. The van der Waals surface area contributed by atoms with Gasteiger partial charge in [0, 0.05) is 10.6 Å². The Balaban J connectivity index is 3.56. The van der Waals surface area contributed by atoms with Crippen molar-refractivity contribution in [2.45, 2.75) is 44.9 Å². The summed E-state index contributed by atoms with van der Waals surface area (Å²) in [6, 6.07) is 2.22. The Morgan fingerprint density at radius 1 is 1.12 bits per heavy atom. The van der Waals surface area contributed by atoms with E-state index in [2.05, 4.69) is 31.8 Å². The number of aromatic nitrogens is 1. The molecule has 0 fully saturated rings. The van der Waals surface area contributed by atoms with Crippen LogP contribution in [0.25, 0.3) is 0 Å². The van der Waals surface area contributed by atoms with Crippen molar-refractivity contribution >= 4 is 11.8 Å². The number of aryl methyl sites for hydroxylation is 1. The first kappa shape index (κ1) is 13.1. The first-order valence-corrected chi connectivity index (χ1v) is 6.94. The lowest BCUT2D eigenvalue weighted by Gasteiger charge is -2.15. The lowest BCUT2D eigenvalue weighted by atomic mass is 9.99. The normalized spacial score (nSPS) is 10.2. The van der Waals surface area contributed by atoms with Crippen LogP contribution in [0.3, 0.4) is 0 Å². The molecule has 0 N–H and O–H groups in total. The fraction of sp³-hybridized carbons (Fsp3) is 0.538. The molecule has 0 atom stereocenters. The zero-order chi connectivity index (χ0) is 12.1. The molecule has 0 amide bonds. The summed E-state index contributed by atoms with van der Waals surface area (Å²) < 4.78 is 0. The summed E-state index contributed by atoms with van der Waals surface area (Å²) >= 11 is 1.63. The summed E-state index contributed by atoms with van der Waals surface area (Å²) in [4.78, 5) is 5.55. The molecule has 1 aromatic rings. The Morgan fingerprint density at radius 2 is 1.75 bits per heavy atom. The molecular weight excluding hydrogens is 216 g/mol. The summed E-state index contributed by atoms with van der Waals surface area (Å²) in [5, 5.41) is 9.13. The van der Waals surface area contributed by atoms with Gasteiger partial charge in [0.15, 0.2) is 5.69 Å². The summed E-state index contributed by atoms with van der Waals surface area (Å²) in [6.45, 7) is 6.40. The fourth-order valence-electron chi connectivity index (χ4n) is 2.09. The van der Waals surface area contributed by atoms with Crippen LogP contribution in [0.15, 0.2) is 4.90 Å². The van der Waals surface area contributed by atoms with E-state index in [1.54, 1.807) is 11.8 Å². The maximum Gasteiger partial charge on any atom is 0.154 e. The van der Waals surface area contributed by atoms with Gasteiger partial charge in [0.25, 0.3) is 0 Å². The molecule has 0 aliphatic heterocycles. The molecule has 1 heterocycles. The first-order chi connectivity index (χ1) is 7.73. The molecule has 0 aliphatic rings. The van der Waals surface area contributed by atoms with Gasteiger partial charge < -0.3 is 0 Å². The number of hydrogen-bond donors (Lipinski definition) is 0. The van der Waals surface area contributed by atoms with Gasteiger partial charge in [0.1, 0.15) is 6.07 Å². The molecule has 0 saturated carbocycles. The van der Waals surface area contributed by atoms with Crippen molar-refractivity contribution in [3.8, 4) is 6.07 Å². The number of nitriles is 1. The van der Waals surface area contributed by atoms with Crippen LogP contribution in [-0.2, 0) is 19.3 Å². The number of nitrogens with zero attached hydrogens (tertiary/aromatic N) is 2. The Hall–Kier alpha value is -1.01. The summed E-state index contributed by atoms with van der Waals surface area (Å²) in [5.41, 5.74) is 4.35. The number of hydrogen-bond acceptors (Lipinski definition) is 3. The molecular formula is C13H18N2S. The second-order valence-corrected chi connectivity index (χ2v) is 4.39. The molecule has 0 aliphatic carbocycles. The van der Waals surface area contributed by atoms with Crippen molar-refractivity contribution in [3.05, 3.63) is 22.5 Å². The quantitative estimate of drug-likeness (QED) is 0.749. The molecule has 3 heteroatoms. The summed E-state index contributed by atoms with van der Waals surface area (Å²) in [7, 11) is 0. The Kier molecular flexibility index (Phi) is 4.82. The molecule has 0 bridgehead atoms. The molecule has 1 aromatic heterocycles. The van der Waals surface area contributed by atoms with Crippen molar-refractivity contribution < 1.29 is 0 Å². The van der Waals surface area contributed by atoms with E-state index in [-0.39, 0.29) is 0 Å². The van der Waals surface area contributed by atoms with E-state index >= 15 is 0 Å². The molecule has 2 nitrogen and oxygen atoms in total. The van der Waals surface area contributed by atoms with Gasteiger partial charge in [-0.15, -0.1) is 11.8 Å². The minimum absolute atomic E-state index is 0.596. The molecule has 0 radical (unpaired) electrons. The lowest BCUT2D eigenvalue weighted by Crippen LogP contribution is -2.06. The first-order valence-electron chi connectivity index (χ1n) is 5.72. The average molecular weight is 234 g/mol. The van der Waals surface area contributed by atoms with E-state index in [1.807, 2.05) is 6.26 Å². The number of rotatable bonds is 4. The van der Waals surface area contributed by atoms with Gasteiger partial charge in [-0.3, -0.25) is 0 Å². The second-order valence-electron chi connectivity index (χ2n) is 3.57. The van der Waals surface area contributed by atoms with Crippen LogP contribution in [0, 0.1) is 11.3 Å². The smallest absolute Gasteiger partial charge is 0.154 e. The highest BCUT2D eigenvalue weighted by molar-refractivity contribution is 7.98. The van der Waals surface area contributed by atoms with E-state index in [1.165, 1.54) is 11.1 Å². The van der Waals surface area contributed by atoms with Gasteiger partial charge in [-0.2, -0.15) is 5.26 Å². The highest BCUT2D eigenvalue weighted by atomic mass is 32.2. The van der Waals surface area contributed by atoms with Crippen LogP contribution in [-0.4, -0.2) is 11.2 Å². The zero-order valence-corrected chi connectivity index (χ0v) is 11.2. The zero-order valence-electron chi connectivity index (χ0n) is 10.4. The third-order valence-electron chi connectivity index (χ3n) is 2.80. The average Bonchev–Trinajstić information content (AvgIpc) is 2.35. The number of pyridine rings is 1. The summed E-state index contributed by atoms with van der Waals surface area (Å²) in [6.07, 6.45) is 4.89. The third kappa shape index (κ3) is 2.22. The lowest BCUT2D eigenvalue weighted by molar-refractivity contribution is 0.886. The Bertz CT molecular complexity index is 419. The predicted molar refractivity (Wildman–Crippen MR) is 68.9 cm³/mol. The van der Waals surface area contributed by atoms with Crippen LogP contribution in [0.2, 0.25) is 0 Å². The van der Waals surface area contributed by atoms with Gasteiger partial charge in [-0.05, 0) is 36.6 Å². The monoisotopic (exact) mass is 234 g/mol. The Labute approximate surface area is 102 Å². The second kappa shape index (κ2) is 5.91. The minimum Gasteiger partial charge on any atom is -0.241 e. The largest absolute Gasteiger partial charge is 0.241 e. The van der Waals surface area contributed by atoms with Gasteiger partial charge in [0.05, 0.1) is 0 Å². The number of thioether (sulfide) groups is 1. The van der Waals surface area contributed by atoms with E-state index in [0.717, 1.165) is 29.9 Å². The van der Waals surface area contributed by atoms with Gasteiger partial charge in [-0.25, -0.2) is 4.98 Å². The van der Waals surface area contributed by atoms with E-state index in [9.17, 15) is 0 Å².